The number of hydrogen-bond donors (Lipinski definition) is 1. The first kappa shape index (κ1) is 10.6. The molecule has 0 aliphatic rings. The van der Waals surface area contributed by atoms with Gasteiger partial charge in [-0.1, -0.05) is 11.6 Å². The van der Waals surface area contributed by atoms with Crippen LogP contribution < -0.4 is 0 Å². The Morgan fingerprint density at radius 1 is 1.19 bits per heavy atom. The number of aromatic carboxylic acids is 1. The minimum absolute atomic E-state index is 0.0527. The number of carbonyl (C=O) groups is 1. The summed E-state index contributed by atoms with van der Waals surface area (Å²) in [7, 11) is 0. The van der Waals surface area contributed by atoms with Crippen molar-refractivity contribution >= 4 is 17.6 Å². The maximum Gasteiger partial charge on any atom is 0.355 e. The molecule has 0 aliphatic carbocycles. The van der Waals surface area contributed by atoms with E-state index in [4.69, 9.17) is 16.7 Å². The Hall–Kier alpha value is -1.94. The van der Waals surface area contributed by atoms with E-state index in [9.17, 15) is 4.79 Å². The van der Waals surface area contributed by atoms with Crippen LogP contribution in [0.1, 0.15) is 10.5 Å². The van der Waals surface area contributed by atoms with Gasteiger partial charge in [0, 0.05) is 18.0 Å². The molecule has 0 amide bonds. The lowest BCUT2D eigenvalue weighted by atomic mass is 10.1. The van der Waals surface area contributed by atoms with Gasteiger partial charge in [-0.3, -0.25) is 4.98 Å². The predicted octanol–water partition coefficient (Wildman–Crippen LogP) is 2.50. The van der Waals surface area contributed by atoms with Crippen LogP contribution >= 0.6 is 11.6 Å². The second kappa shape index (κ2) is 4.28. The fourth-order valence-electron chi connectivity index (χ4n) is 1.35. The van der Waals surface area contributed by atoms with Gasteiger partial charge in [-0.15, -0.1) is 0 Å². The quantitative estimate of drug-likeness (QED) is 0.867. The van der Waals surface area contributed by atoms with Gasteiger partial charge in [0.05, 0.1) is 10.7 Å². The van der Waals surface area contributed by atoms with Crippen molar-refractivity contribution in [2.45, 2.75) is 0 Å². The number of hydrogen-bond acceptors (Lipinski definition) is 3. The van der Waals surface area contributed by atoms with E-state index in [-0.39, 0.29) is 5.69 Å². The third kappa shape index (κ3) is 1.87. The van der Waals surface area contributed by atoms with Crippen LogP contribution in [0.3, 0.4) is 0 Å². The molecule has 0 fully saturated rings. The lowest BCUT2D eigenvalue weighted by molar-refractivity contribution is 0.0691. The maximum absolute atomic E-state index is 11.0. The summed E-state index contributed by atoms with van der Waals surface area (Å²) in [6.45, 7) is 0. The molecule has 0 atom stereocenters. The van der Waals surface area contributed by atoms with Gasteiger partial charge in [0.1, 0.15) is 0 Å². The third-order valence-electron chi connectivity index (χ3n) is 2.02. The summed E-state index contributed by atoms with van der Waals surface area (Å²) >= 11 is 5.95. The fourth-order valence-corrected chi connectivity index (χ4v) is 1.57. The summed E-state index contributed by atoms with van der Waals surface area (Å²) in [5.74, 6) is -1.10. The Bertz CT molecular complexity index is 543. The van der Waals surface area contributed by atoms with Gasteiger partial charge in [0.15, 0.2) is 5.69 Å². The normalized spacial score (nSPS) is 10.1. The summed E-state index contributed by atoms with van der Waals surface area (Å²) in [6, 6.07) is 6.61. The van der Waals surface area contributed by atoms with E-state index >= 15 is 0 Å². The second-order valence-electron chi connectivity index (χ2n) is 3.04. The van der Waals surface area contributed by atoms with Crippen molar-refractivity contribution in [2.24, 2.45) is 0 Å². The van der Waals surface area contributed by atoms with Gasteiger partial charge in [0.25, 0.3) is 0 Å². The van der Waals surface area contributed by atoms with Crippen molar-refractivity contribution in [1.29, 1.82) is 0 Å². The third-order valence-corrected chi connectivity index (χ3v) is 2.33. The number of pyridine rings is 2. The number of carboxylic acid groups (broad SMARTS) is 1. The summed E-state index contributed by atoms with van der Waals surface area (Å²) in [5, 5.41) is 9.39. The SMILES string of the molecule is O=C(O)c1ncccc1-c1ncccc1Cl. The molecule has 0 unspecified atom stereocenters. The molecule has 0 saturated heterocycles. The Balaban J connectivity index is 2.65. The second-order valence-corrected chi connectivity index (χ2v) is 3.45. The molecular formula is C11H7ClN2O2. The summed E-state index contributed by atoms with van der Waals surface area (Å²) in [5.41, 5.74) is 0.790. The highest BCUT2D eigenvalue weighted by Crippen LogP contribution is 2.26. The molecule has 2 aromatic rings. The van der Waals surface area contributed by atoms with Gasteiger partial charge in [-0.2, -0.15) is 0 Å². The summed E-state index contributed by atoms with van der Waals surface area (Å²) < 4.78 is 0. The van der Waals surface area contributed by atoms with E-state index in [2.05, 4.69) is 9.97 Å². The molecule has 2 aromatic heterocycles. The van der Waals surface area contributed by atoms with Crippen LogP contribution in [-0.2, 0) is 0 Å². The lowest BCUT2D eigenvalue weighted by Crippen LogP contribution is -2.03. The van der Waals surface area contributed by atoms with Crippen molar-refractivity contribution in [1.82, 2.24) is 9.97 Å². The molecule has 0 radical (unpaired) electrons. The molecule has 0 aromatic carbocycles. The molecule has 80 valence electrons. The number of nitrogens with zero attached hydrogens (tertiary/aromatic N) is 2. The molecule has 2 heterocycles. The predicted molar refractivity (Wildman–Crippen MR) is 59.4 cm³/mol. The van der Waals surface area contributed by atoms with Crippen molar-refractivity contribution in [3.63, 3.8) is 0 Å². The van der Waals surface area contributed by atoms with Crippen molar-refractivity contribution in [3.05, 3.63) is 47.4 Å². The Morgan fingerprint density at radius 2 is 1.88 bits per heavy atom. The summed E-state index contributed by atoms with van der Waals surface area (Å²) in [6.07, 6.45) is 2.98. The van der Waals surface area contributed by atoms with Crippen LogP contribution in [0.2, 0.25) is 5.02 Å². The van der Waals surface area contributed by atoms with Crippen LogP contribution in [0.5, 0.6) is 0 Å². The highest BCUT2D eigenvalue weighted by Gasteiger charge is 2.15. The van der Waals surface area contributed by atoms with Crippen molar-refractivity contribution in [3.8, 4) is 11.3 Å². The van der Waals surface area contributed by atoms with E-state index < -0.39 is 5.97 Å². The zero-order valence-electron chi connectivity index (χ0n) is 8.09. The molecule has 0 bridgehead atoms. The van der Waals surface area contributed by atoms with E-state index in [1.165, 1.54) is 6.20 Å². The minimum atomic E-state index is -1.10. The minimum Gasteiger partial charge on any atom is -0.476 e. The fraction of sp³-hybridized carbons (Fsp3) is 0. The molecule has 5 heteroatoms. The van der Waals surface area contributed by atoms with Crippen LogP contribution in [0, 0.1) is 0 Å². The molecule has 0 saturated carbocycles. The number of rotatable bonds is 2. The van der Waals surface area contributed by atoms with Gasteiger partial charge < -0.3 is 5.11 Å². The molecule has 4 nitrogen and oxygen atoms in total. The average molecular weight is 235 g/mol. The van der Waals surface area contributed by atoms with E-state index in [0.717, 1.165) is 0 Å². The van der Waals surface area contributed by atoms with Crippen molar-refractivity contribution < 1.29 is 9.90 Å². The van der Waals surface area contributed by atoms with Gasteiger partial charge >= 0.3 is 5.97 Å². The van der Waals surface area contributed by atoms with Crippen LogP contribution in [-0.4, -0.2) is 21.0 Å². The number of halogens is 1. The van der Waals surface area contributed by atoms with Crippen LogP contribution in [0.4, 0.5) is 0 Å². The van der Waals surface area contributed by atoms with Gasteiger partial charge in [-0.25, -0.2) is 9.78 Å². The van der Waals surface area contributed by atoms with E-state index in [0.29, 0.717) is 16.3 Å². The molecule has 2 rings (SSSR count). The highest BCUT2D eigenvalue weighted by molar-refractivity contribution is 6.33. The maximum atomic E-state index is 11.0. The number of carboxylic acids is 1. The van der Waals surface area contributed by atoms with Crippen molar-refractivity contribution in [2.75, 3.05) is 0 Å². The monoisotopic (exact) mass is 234 g/mol. The first-order valence-electron chi connectivity index (χ1n) is 4.49. The molecule has 16 heavy (non-hydrogen) atoms. The Kier molecular flexibility index (Phi) is 2.83. The zero-order chi connectivity index (χ0) is 11.5. The zero-order valence-corrected chi connectivity index (χ0v) is 8.85. The van der Waals surface area contributed by atoms with Crippen LogP contribution in [0.15, 0.2) is 36.7 Å². The molecular weight excluding hydrogens is 228 g/mol. The van der Waals surface area contributed by atoms with Crippen LogP contribution in [0.25, 0.3) is 11.3 Å². The largest absolute Gasteiger partial charge is 0.476 e. The van der Waals surface area contributed by atoms with E-state index in [1.54, 1.807) is 30.5 Å². The Morgan fingerprint density at radius 3 is 2.56 bits per heavy atom. The van der Waals surface area contributed by atoms with Gasteiger partial charge in [0.2, 0.25) is 0 Å². The Labute approximate surface area is 96.6 Å². The van der Waals surface area contributed by atoms with Gasteiger partial charge in [-0.05, 0) is 24.3 Å². The highest BCUT2D eigenvalue weighted by atomic mass is 35.5. The topological polar surface area (TPSA) is 63.1 Å². The standard InChI is InChI=1S/C11H7ClN2O2/c12-8-4-2-6-13-9(8)7-3-1-5-14-10(7)11(15)16/h1-6H,(H,15,16). The average Bonchev–Trinajstić information content (AvgIpc) is 2.29. The number of aromatic nitrogens is 2. The molecule has 0 aliphatic heterocycles. The first-order valence-corrected chi connectivity index (χ1v) is 4.87. The van der Waals surface area contributed by atoms with E-state index in [1.807, 2.05) is 0 Å². The first-order chi connectivity index (χ1) is 7.70. The molecule has 1 N–H and O–H groups in total. The smallest absolute Gasteiger partial charge is 0.355 e. The summed E-state index contributed by atoms with van der Waals surface area (Å²) in [4.78, 5) is 18.8. The molecule has 0 spiro atoms. The lowest BCUT2D eigenvalue weighted by Gasteiger charge is -2.05.